The first-order valence-corrected chi connectivity index (χ1v) is 7.52. The number of nitrogens with zero attached hydrogens (tertiary/aromatic N) is 2. The Morgan fingerprint density at radius 2 is 2.17 bits per heavy atom. The summed E-state index contributed by atoms with van der Waals surface area (Å²) in [5, 5.41) is 3.44. The molecule has 0 unspecified atom stereocenters. The third-order valence-corrected chi connectivity index (χ3v) is 4.26. The molecule has 0 bridgehead atoms. The molecule has 1 fully saturated rings. The fraction of sp³-hybridized carbons (Fsp3) is 0.308. The number of anilines is 1. The molecular weight excluding hydrogens is 358 g/mol. The minimum Gasteiger partial charge on any atom is -0.378 e. The number of rotatable bonds is 4. The lowest BCUT2D eigenvalue weighted by atomic mass is 10.3. The molecule has 3 rings (SSSR count). The van der Waals surface area contributed by atoms with E-state index < -0.39 is 0 Å². The van der Waals surface area contributed by atoms with Gasteiger partial charge >= 0.3 is 0 Å². The maximum atomic E-state index is 4.24. The summed E-state index contributed by atoms with van der Waals surface area (Å²) < 4.78 is 4.42. The van der Waals surface area contributed by atoms with Crippen LogP contribution in [0.3, 0.4) is 0 Å². The SMILES string of the molecule is Brc1ccc(Br)c(NCc2cncn2C2CC2)c1. The molecule has 0 atom stereocenters. The summed E-state index contributed by atoms with van der Waals surface area (Å²) in [6.07, 6.45) is 6.44. The summed E-state index contributed by atoms with van der Waals surface area (Å²) >= 11 is 7.03. The predicted molar refractivity (Wildman–Crippen MR) is 79.7 cm³/mol. The zero-order valence-electron chi connectivity index (χ0n) is 9.74. The van der Waals surface area contributed by atoms with Crippen LogP contribution in [0.4, 0.5) is 5.69 Å². The molecule has 1 aromatic carbocycles. The molecule has 3 nitrogen and oxygen atoms in total. The molecule has 1 saturated carbocycles. The van der Waals surface area contributed by atoms with Crippen LogP contribution in [0.2, 0.25) is 0 Å². The molecule has 94 valence electrons. The number of nitrogens with one attached hydrogen (secondary N) is 1. The number of halogens is 2. The maximum absolute atomic E-state index is 4.24. The summed E-state index contributed by atoms with van der Waals surface area (Å²) in [6.45, 7) is 0.797. The molecular formula is C13H13Br2N3. The zero-order chi connectivity index (χ0) is 12.5. The van der Waals surface area contributed by atoms with Gasteiger partial charge in [0, 0.05) is 26.9 Å². The highest BCUT2D eigenvalue weighted by Crippen LogP contribution is 2.36. The second-order valence-electron chi connectivity index (χ2n) is 4.50. The zero-order valence-corrected chi connectivity index (χ0v) is 12.9. The molecule has 0 aliphatic heterocycles. The van der Waals surface area contributed by atoms with Crippen molar-refractivity contribution in [3.8, 4) is 0 Å². The van der Waals surface area contributed by atoms with Crippen molar-refractivity contribution in [3.63, 3.8) is 0 Å². The van der Waals surface area contributed by atoms with E-state index in [1.807, 2.05) is 24.7 Å². The predicted octanol–water partition coefficient (Wildman–Crippen LogP) is 4.36. The van der Waals surface area contributed by atoms with Gasteiger partial charge in [-0.3, -0.25) is 0 Å². The van der Waals surface area contributed by atoms with Crippen LogP contribution in [0, 0.1) is 0 Å². The second-order valence-corrected chi connectivity index (χ2v) is 6.27. The van der Waals surface area contributed by atoms with Crippen molar-refractivity contribution in [1.29, 1.82) is 0 Å². The Labute approximate surface area is 123 Å². The highest BCUT2D eigenvalue weighted by molar-refractivity contribution is 9.11. The van der Waals surface area contributed by atoms with Gasteiger partial charge in [0.15, 0.2) is 0 Å². The van der Waals surface area contributed by atoms with Crippen molar-refractivity contribution in [1.82, 2.24) is 9.55 Å². The van der Waals surface area contributed by atoms with E-state index in [0.717, 1.165) is 21.2 Å². The second kappa shape index (κ2) is 5.05. The normalized spacial score (nSPS) is 14.8. The lowest BCUT2D eigenvalue weighted by molar-refractivity contribution is 0.701. The van der Waals surface area contributed by atoms with Crippen molar-refractivity contribution in [2.75, 3.05) is 5.32 Å². The molecule has 0 spiro atoms. The van der Waals surface area contributed by atoms with Crippen LogP contribution < -0.4 is 5.32 Å². The lowest BCUT2D eigenvalue weighted by Crippen LogP contribution is -2.06. The van der Waals surface area contributed by atoms with Crippen LogP contribution in [0.25, 0.3) is 0 Å². The fourth-order valence-corrected chi connectivity index (χ4v) is 2.72. The summed E-state index contributed by atoms with van der Waals surface area (Å²) in [5.74, 6) is 0. The van der Waals surface area contributed by atoms with Gasteiger partial charge in [-0.25, -0.2) is 4.98 Å². The number of benzene rings is 1. The highest BCUT2D eigenvalue weighted by atomic mass is 79.9. The van der Waals surface area contributed by atoms with Crippen LogP contribution in [0.1, 0.15) is 24.6 Å². The van der Waals surface area contributed by atoms with E-state index in [-0.39, 0.29) is 0 Å². The summed E-state index contributed by atoms with van der Waals surface area (Å²) in [5.41, 5.74) is 2.33. The van der Waals surface area contributed by atoms with Gasteiger partial charge < -0.3 is 9.88 Å². The average Bonchev–Trinajstić information content (AvgIpc) is 3.10. The Kier molecular flexibility index (Phi) is 3.43. The van der Waals surface area contributed by atoms with E-state index >= 15 is 0 Å². The monoisotopic (exact) mass is 369 g/mol. The highest BCUT2D eigenvalue weighted by Gasteiger charge is 2.24. The van der Waals surface area contributed by atoms with Crippen LogP contribution in [-0.4, -0.2) is 9.55 Å². The van der Waals surface area contributed by atoms with E-state index in [9.17, 15) is 0 Å². The Morgan fingerprint density at radius 3 is 2.94 bits per heavy atom. The van der Waals surface area contributed by atoms with Gasteiger partial charge in [-0.15, -0.1) is 0 Å². The molecule has 1 aliphatic carbocycles. The molecule has 1 N–H and O–H groups in total. The van der Waals surface area contributed by atoms with E-state index in [4.69, 9.17) is 0 Å². The van der Waals surface area contributed by atoms with Gasteiger partial charge in [0.2, 0.25) is 0 Å². The van der Waals surface area contributed by atoms with E-state index in [1.165, 1.54) is 18.5 Å². The molecule has 18 heavy (non-hydrogen) atoms. The topological polar surface area (TPSA) is 29.9 Å². The summed E-state index contributed by atoms with van der Waals surface area (Å²) in [6, 6.07) is 6.80. The number of imidazole rings is 1. The van der Waals surface area contributed by atoms with Crippen LogP contribution >= 0.6 is 31.9 Å². The van der Waals surface area contributed by atoms with Gasteiger partial charge in [0.05, 0.1) is 18.6 Å². The number of hydrogen-bond acceptors (Lipinski definition) is 2. The molecule has 1 heterocycles. The Morgan fingerprint density at radius 1 is 1.33 bits per heavy atom. The largest absolute Gasteiger partial charge is 0.378 e. The van der Waals surface area contributed by atoms with Gasteiger partial charge in [-0.1, -0.05) is 15.9 Å². The molecule has 1 aromatic heterocycles. The van der Waals surface area contributed by atoms with Crippen molar-refractivity contribution in [2.45, 2.75) is 25.4 Å². The number of hydrogen-bond donors (Lipinski definition) is 1. The van der Waals surface area contributed by atoms with Crippen LogP contribution in [0.5, 0.6) is 0 Å². The quantitative estimate of drug-likeness (QED) is 0.866. The van der Waals surface area contributed by atoms with Gasteiger partial charge in [0.25, 0.3) is 0 Å². The molecule has 1 aliphatic rings. The molecule has 0 amide bonds. The summed E-state index contributed by atoms with van der Waals surface area (Å²) in [7, 11) is 0. The Balaban J connectivity index is 1.73. The molecule has 5 heteroatoms. The lowest BCUT2D eigenvalue weighted by Gasteiger charge is -2.11. The fourth-order valence-electron chi connectivity index (χ4n) is 1.97. The van der Waals surface area contributed by atoms with Gasteiger partial charge in [-0.05, 0) is 47.0 Å². The van der Waals surface area contributed by atoms with Gasteiger partial charge in [-0.2, -0.15) is 0 Å². The molecule has 0 radical (unpaired) electrons. The first-order valence-electron chi connectivity index (χ1n) is 5.93. The maximum Gasteiger partial charge on any atom is 0.0951 e. The average molecular weight is 371 g/mol. The van der Waals surface area contributed by atoms with Crippen molar-refractivity contribution < 1.29 is 0 Å². The number of aromatic nitrogens is 2. The van der Waals surface area contributed by atoms with Crippen molar-refractivity contribution in [3.05, 3.63) is 45.4 Å². The van der Waals surface area contributed by atoms with Gasteiger partial charge in [0.1, 0.15) is 0 Å². The Hall–Kier alpha value is -0.810. The standard InChI is InChI=1S/C13H13Br2N3/c14-9-1-4-12(15)13(5-9)17-7-11-6-16-8-18(11)10-2-3-10/h1,4-6,8,10,17H,2-3,7H2. The van der Waals surface area contributed by atoms with E-state index in [2.05, 4.69) is 52.8 Å². The van der Waals surface area contributed by atoms with Crippen LogP contribution in [-0.2, 0) is 6.54 Å². The van der Waals surface area contributed by atoms with E-state index in [1.54, 1.807) is 0 Å². The Bertz CT molecular complexity index is 561. The minimum absolute atomic E-state index is 0.676. The van der Waals surface area contributed by atoms with Crippen LogP contribution in [0.15, 0.2) is 39.7 Å². The summed E-state index contributed by atoms with van der Waals surface area (Å²) in [4.78, 5) is 4.24. The first-order chi connectivity index (χ1) is 8.74. The molecule has 2 aromatic rings. The minimum atomic E-state index is 0.676. The smallest absolute Gasteiger partial charge is 0.0951 e. The van der Waals surface area contributed by atoms with E-state index in [0.29, 0.717) is 6.04 Å². The van der Waals surface area contributed by atoms with Crippen molar-refractivity contribution >= 4 is 37.5 Å². The first kappa shape index (κ1) is 12.2. The third kappa shape index (κ3) is 2.62. The van der Waals surface area contributed by atoms with Crippen molar-refractivity contribution in [2.24, 2.45) is 0 Å². The molecule has 0 saturated heterocycles. The third-order valence-electron chi connectivity index (χ3n) is 3.07.